The molecule has 0 bridgehead atoms. The fraction of sp³-hybridized carbons (Fsp3) is 1.00. The monoisotopic (exact) mass is 191 g/mol. The zero-order valence-corrected chi connectivity index (χ0v) is 9.05. The highest BCUT2D eigenvalue weighted by Crippen LogP contribution is 2.32. The van der Waals surface area contributed by atoms with Gasteiger partial charge in [-0.05, 0) is 35.7 Å². The molecule has 0 spiro atoms. The molecule has 3 heteroatoms. The average Bonchev–Trinajstić information content (AvgIpc) is 2.10. The predicted molar refractivity (Wildman–Crippen MR) is 55.8 cm³/mol. The lowest BCUT2D eigenvalue weighted by Gasteiger charge is -2.21. The van der Waals surface area contributed by atoms with Crippen LogP contribution in [-0.4, -0.2) is 17.4 Å². The maximum atomic E-state index is 4.21. The average molecular weight is 191 g/mol. The van der Waals surface area contributed by atoms with Gasteiger partial charge in [0.05, 0.1) is 0 Å². The molecule has 0 aromatic carbocycles. The molecule has 1 fully saturated rings. The molecular formula is C8H17NS2. The molecule has 0 radical (unpaired) electrons. The Balaban J connectivity index is 2.39. The maximum absolute atomic E-state index is 4.21. The van der Waals surface area contributed by atoms with E-state index in [0.29, 0.717) is 5.41 Å². The predicted octanol–water partition coefficient (Wildman–Crippen LogP) is 2.99. The molecule has 0 atom stereocenters. The van der Waals surface area contributed by atoms with Crippen molar-refractivity contribution < 1.29 is 0 Å². The third-order valence-electron chi connectivity index (χ3n) is 2.41. The van der Waals surface area contributed by atoms with Crippen LogP contribution in [0.3, 0.4) is 0 Å². The van der Waals surface area contributed by atoms with E-state index in [2.05, 4.69) is 29.8 Å². The first kappa shape index (κ1) is 9.75. The van der Waals surface area contributed by atoms with Crippen LogP contribution in [0.15, 0.2) is 0 Å². The van der Waals surface area contributed by atoms with Crippen molar-refractivity contribution in [3.8, 4) is 0 Å². The van der Waals surface area contributed by atoms with Crippen molar-refractivity contribution in [1.82, 2.24) is 4.31 Å². The Kier molecular flexibility index (Phi) is 3.59. The Morgan fingerprint density at radius 3 is 2.64 bits per heavy atom. The second-order valence-corrected chi connectivity index (χ2v) is 5.20. The van der Waals surface area contributed by atoms with Gasteiger partial charge in [0.25, 0.3) is 0 Å². The van der Waals surface area contributed by atoms with Crippen LogP contribution in [0.4, 0.5) is 0 Å². The topological polar surface area (TPSA) is 3.24 Å². The van der Waals surface area contributed by atoms with Gasteiger partial charge in [-0.3, -0.25) is 0 Å². The van der Waals surface area contributed by atoms with Gasteiger partial charge in [0.15, 0.2) is 0 Å². The summed E-state index contributed by atoms with van der Waals surface area (Å²) in [5, 5.41) is 0. The van der Waals surface area contributed by atoms with Gasteiger partial charge < -0.3 is 0 Å². The van der Waals surface area contributed by atoms with Gasteiger partial charge in [-0.15, -0.1) is 0 Å². The molecule has 1 nitrogen and oxygen atoms in total. The van der Waals surface area contributed by atoms with E-state index in [1.165, 1.54) is 32.4 Å². The lowest BCUT2D eigenvalue weighted by Crippen LogP contribution is -2.16. The third-order valence-corrected chi connectivity index (χ3v) is 3.70. The van der Waals surface area contributed by atoms with E-state index in [1.54, 1.807) is 11.0 Å². The summed E-state index contributed by atoms with van der Waals surface area (Å²) in [6.45, 7) is 7.12. The van der Waals surface area contributed by atoms with Gasteiger partial charge in [0, 0.05) is 13.1 Å². The van der Waals surface area contributed by atoms with Crippen LogP contribution in [-0.2, 0) is 0 Å². The Labute approximate surface area is 78.9 Å². The minimum atomic E-state index is 0.554. The van der Waals surface area contributed by atoms with Crippen LogP contribution in [0, 0.1) is 5.41 Å². The number of rotatable bonds is 1. The van der Waals surface area contributed by atoms with Crippen LogP contribution in [0.2, 0.25) is 0 Å². The fourth-order valence-corrected chi connectivity index (χ4v) is 2.35. The van der Waals surface area contributed by atoms with Crippen molar-refractivity contribution >= 4 is 22.6 Å². The lowest BCUT2D eigenvalue weighted by molar-refractivity contribution is 0.318. The smallest absolute Gasteiger partial charge is 0.0102 e. The molecule has 1 aliphatic heterocycles. The van der Waals surface area contributed by atoms with Crippen molar-refractivity contribution in [3.63, 3.8) is 0 Å². The Morgan fingerprint density at radius 1 is 1.27 bits per heavy atom. The zero-order valence-electron chi connectivity index (χ0n) is 7.34. The summed E-state index contributed by atoms with van der Waals surface area (Å²) in [5.41, 5.74) is 0.554. The highest BCUT2D eigenvalue weighted by molar-refractivity contribution is 8.67. The van der Waals surface area contributed by atoms with Crippen LogP contribution in [0.1, 0.15) is 33.1 Å². The molecule has 1 heterocycles. The van der Waals surface area contributed by atoms with E-state index in [9.17, 15) is 0 Å². The van der Waals surface area contributed by atoms with E-state index in [-0.39, 0.29) is 0 Å². The van der Waals surface area contributed by atoms with Crippen molar-refractivity contribution in [2.75, 3.05) is 13.1 Å². The van der Waals surface area contributed by atoms with Crippen LogP contribution < -0.4 is 0 Å². The number of hydrogen-bond donors (Lipinski definition) is 1. The largest absolute Gasteiger partial charge is 0.241 e. The molecule has 0 amide bonds. The number of thiol groups is 1. The van der Waals surface area contributed by atoms with E-state index in [0.717, 1.165) is 0 Å². The third kappa shape index (κ3) is 3.26. The molecule has 0 N–H and O–H groups in total. The normalized spacial score (nSPS) is 26.5. The van der Waals surface area contributed by atoms with Crippen molar-refractivity contribution in [2.45, 2.75) is 33.1 Å². The van der Waals surface area contributed by atoms with Crippen LogP contribution in [0.5, 0.6) is 0 Å². The van der Waals surface area contributed by atoms with E-state index in [4.69, 9.17) is 0 Å². The molecule has 1 aliphatic rings. The summed E-state index contributed by atoms with van der Waals surface area (Å²) in [7, 11) is 1.59. The highest BCUT2D eigenvalue weighted by atomic mass is 33.1. The van der Waals surface area contributed by atoms with Crippen molar-refractivity contribution in [3.05, 3.63) is 0 Å². The zero-order chi connectivity index (χ0) is 8.32. The van der Waals surface area contributed by atoms with Crippen LogP contribution >= 0.6 is 22.6 Å². The maximum Gasteiger partial charge on any atom is 0.0102 e. The first-order valence-corrected chi connectivity index (χ1v) is 6.03. The molecule has 0 saturated carbocycles. The van der Waals surface area contributed by atoms with Crippen LogP contribution in [0.25, 0.3) is 0 Å². The minimum absolute atomic E-state index is 0.554. The molecule has 0 aliphatic carbocycles. The number of nitrogens with zero attached hydrogens (tertiary/aromatic N) is 1. The Morgan fingerprint density at radius 2 is 2.00 bits per heavy atom. The van der Waals surface area contributed by atoms with E-state index in [1.807, 2.05) is 0 Å². The van der Waals surface area contributed by atoms with Gasteiger partial charge in [0.1, 0.15) is 0 Å². The fourth-order valence-electron chi connectivity index (χ4n) is 1.48. The summed E-state index contributed by atoms with van der Waals surface area (Å²) >= 11 is 4.21. The van der Waals surface area contributed by atoms with E-state index < -0.39 is 0 Å². The first-order valence-electron chi connectivity index (χ1n) is 4.20. The van der Waals surface area contributed by atoms with Gasteiger partial charge >= 0.3 is 0 Å². The molecule has 0 aromatic rings. The highest BCUT2D eigenvalue weighted by Gasteiger charge is 2.22. The SMILES string of the molecule is CC1(C)CCCN(SS)CC1. The quantitative estimate of drug-likeness (QED) is 0.385. The second-order valence-electron chi connectivity index (χ2n) is 4.03. The summed E-state index contributed by atoms with van der Waals surface area (Å²) < 4.78 is 2.35. The standard InChI is InChI=1S/C8H17NS2/c1-8(2)4-3-6-9(11-10)7-5-8/h10H,3-7H2,1-2H3. The van der Waals surface area contributed by atoms with Crippen molar-refractivity contribution in [1.29, 1.82) is 0 Å². The molecule has 0 aromatic heterocycles. The van der Waals surface area contributed by atoms with Gasteiger partial charge in [-0.1, -0.05) is 25.5 Å². The second kappa shape index (κ2) is 4.06. The van der Waals surface area contributed by atoms with Gasteiger partial charge in [0.2, 0.25) is 0 Å². The summed E-state index contributed by atoms with van der Waals surface area (Å²) in [4.78, 5) is 0. The molecule has 0 unspecified atom stereocenters. The molecule has 1 rings (SSSR count). The Bertz CT molecular complexity index is 125. The molecular weight excluding hydrogens is 174 g/mol. The van der Waals surface area contributed by atoms with Gasteiger partial charge in [-0.25, -0.2) is 4.31 Å². The Hall–Kier alpha value is 0.660. The first-order chi connectivity index (χ1) is 5.14. The molecule has 66 valence electrons. The van der Waals surface area contributed by atoms with Crippen molar-refractivity contribution in [2.24, 2.45) is 5.41 Å². The van der Waals surface area contributed by atoms with Gasteiger partial charge in [-0.2, -0.15) is 0 Å². The number of hydrogen-bond acceptors (Lipinski definition) is 3. The molecule has 11 heavy (non-hydrogen) atoms. The summed E-state index contributed by atoms with van der Waals surface area (Å²) in [5.74, 6) is 0. The summed E-state index contributed by atoms with van der Waals surface area (Å²) in [6, 6.07) is 0. The molecule has 1 saturated heterocycles. The van der Waals surface area contributed by atoms with E-state index >= 15 is 0 Å². The lowest BCUT2D eigenvalue weighted by atomic mass is 9.85. The minimum Gasteiger partial charge on any atom is -0.241 e. The summed E-state index contributed by atoms with van der Waals surface area (Å²) in [6.07, 6.45) is 3.99.